The predicted octanol–water partition coefficient (Wildman–Crippen LogP) is 1.54. The van der Waals surface area contributed by atoms with Crippen LogP contribution in [-0.4, -0.2) is 11.6 Å². The Labute approximate surface area is 73.2 Å². The summed E-state index contributed by atoms with van der Waals surface area (Å²) in [7, 11) is 0. The van der Waals surface area contributed by atoms with Crippen LogP contribution in [0.15, 0.2) is 5.10 Å². The van der Waals surface area contributed by atoms with Gasteiger partial charge in [-0.05, 0) is 24.7 Å². The minimum Gasteiger partial charge on any atom is -0.274 e. The molecule has 0 bridgehead atoms. The van der Waals surface area contributed by atoms with Crippen molar-refractivity contribution in [2.24, 2.45) is 16.9 Å². The molecule has 0 aromatic rings. The second-order valence-corrected chi connectivity index (χ2v) is 3.76. The van der Waals surface area contributed by atoms with E-state index in [1.54, 1.807) is 0 Å². The van der Waals surface area contributed by atoms with E-state index in [1.807, 2.05) is 0 Å². The van der Waals surface area contributed by atoms with Crippen LogP contribution in [0, 0.1) is 11.8 Å². The highest BCUT2D eigenvalue weighted by Crippen LogP contribution is 2.30. The molecule has 68 valence electrons. The van der Waals surface area contributed by atoms with Crippen LogP contribution in [0.25, 0.3) is 0 Å². The van der Waals surface area contributed by atoms with Crippen molar-refractivity contribution in [3.8, 4) is 0 Å². The minimum absolute atomic E-state index is 0.0875. The fourth-order valence-corrected chi connectivity index (χ4v) is 1.27. The molecule has 1 aliphatic rings. The SMILES string of the molecule is CC(=O)NN=C1CC(C(C)C)C1. The zero-order valence-electron chi connectivity index (χ0n) is 7.92. The molecule has 0 unspecified atom stereocenters. The van der Waals surface area contributed by atoms with Crippen molar-refractivity contribution >= 4 is 11.6 Å². The summed E-state index contributed by atoms with van der Waals surface area (Å²) in [5.74, 6) is 1.43. The molecular weight excluding hydrogens is 152 g/mol. The van der Waals surface area contributed by atoms with Crippen LogP contribution in [0.3, 0.4) is 0 Å². The molecule has 1 N–H and O–H groups in total. The fourth-order valence-electron chi connectivity index (χ4n) is 1.27. The summed E-state index contributed by atoms with van der Waals surface area (Å²) in [6.07, 6.45) is 2.11. The topological polar surface area (TPSA) is 41.5 Å². The third-order valence-corrected chi connectivity index (χ3v) is 2.31. The van der Waals surface area contributed by atoms with Crippen LogP contribution in [0.5, 0.6) is 0 Å². The normalized spacial score (nSPS) is 22.0. The highest BCUT2D eigenvalue weighted by atomic mass is 16.2. The summed E-state index contributed by atoms with van der Waals surface area (Å²) in [5.41, 5.74) is 3.58. The Morgan fingerprint density at radius 3 is 2.58 bits per heavy atom. The lowest BCUT2D eigenvalue weighted by Gasteiger charge is -2.30. The Bertz CT molecular complexity index is 201. The smallest absolute Gasteiger partial charge is 0.236 e. The molecule has 0 saturated heterocycles. The number of hydrogen-bond donors (Lipinski definition) is 1. The number of hydrogen-bond acceptors (Lipinski definition) is 2. The third kappa shape index (κ3) is 2.32. The van der Waals surface area contributed by atoms with Gasteiger partial charge in [-0.15, -0.1) is 0 Å². The van der Waals surface area contributed by atoms with Gasteiger partial charge in [0.05, 0.1) is 0 Å². The zero-order chi connectivity index (χ0) is 9.14. The maximum Gasteiger partial charge on any atom is 0.236 e. The number of nitrogens with one attached hydrogen (secondary N) is 1. The molecular formula is C9H16N2O. The Hall–Kier alpha value is -0.860. The number of carbonyl (C=O) groups is 1. The van der Waals surface area contributed by atoms with Gasteiger partial charge in [0.15, 0.2) is 0 Å². The molecule has 0 heterocycles. The monoisotopic (exact) mass is 168 g/mol. The molecule has 1 fully saturated rings. The second kappa shape index (κ2) is 3.70. The number of nitrogens with zero attached hydrogens (tertiary/aromatic N) is 1. The van der Waals surface area contributed by atoms with Crippen LogP contribution >= 0.6 is 0 Å². The molecule has 1 saturated carbocycles. The molecule has 1 aliphatic carbocycles. The van der Waals surface area contributed by atoms with E-state index < -0.39 is 0 Å². The first-order valence-electron chi connectivity index (χ1n) is 4.41. The van der Waals surface area contributed by atoms with Gasteiger partial charge in [0.25, 0.3) is 0 Å². The first kappa shape index (κ1) is 9.23. The maximum atomic E-state index is 10.5. The number of amides is 1. The highest BCUT2D eigenvalue weighted by Gasteiger charge is 2.27. The quantitative estimate of drug-likeness (QED) is 0.624. The van der Waals surface area contributed by atoms with Crippen LogP contribution in [0.2, 0.25) is 0 Å². The van der Waals surface area contributed by atoms with Gasteiger partial charge in [0.2, 0.25) is 5.91 Å². The van der Waals surface area contributed by atoms with Crippen molar-refractivity contribution in [2.45, 2.75) is 33.6 Å². The molecule has 0 aromatic carbocycles. The molecule has 1 amide bonds. The average Bonchev–Trinajstić information content (AvgIpc) is 1.82. The molecule has 0 aliphatic heterocycles. The number of hydrazone groups is 1. The van der Waals surface area contributed by atoms with Gasteiger partial charge in [-0.3, -0.25) is 4.79 Å². The summed E-state index contributed by atoms with van der Waals surface area (Å²) < 4.78 is 0. The molecule has 0 radical (unpaired) electrons. The van der Waals surface area contributed by atoms with E-state index in [0.717, 1.165) is 30.4 Å². The van der Waals surface area contributed by atoms with Crippen molar-refractivity contribution in [1.82, 2.24) is 5.43 Å². The second-order valence-electron chi connectivity index (χ2n) is 3.76. The van der Waals surface area contributed by atoms with E-state index >= 15 is 0 Å². The fraction of sp³-hybridized carbons (Fsp3) is 0.778. The van der Waals surface area contributed by atoms with Crippen molar-refractivity contribution in [1.29, 1.82) is 0 Å². The van der Waals surface area contributed by atoms with Crippen LogP contribution in [0.4, 0.5) is 0 Å². The largest absolute Gasteiger partial charge is 0.274 e. The van der Waals surface area contributed by atoms with Crippen molar-refractivity contribution in [3.05, 3.63) is 0 Å². The van der Waals surface area contributed by atoms with Gasteiger partial charge in [-0.2, -0.15) is 5.10 Å². The first-order valence-corrected chi connectivity index (χ1v) is 4.41. The Balaban J connectivity index is 2.24. The maximum absolute atomic E-state index is 10.5. The lowest BCUT2D eigenvalue weighted by molar-refractivity contribution is -0.118. The summed E-state index contributed by atoms with van der Waals surface area (Å²) in [6, 6.07) is 0. The highest BCUT2D eigenvalue weighted by molar-refractivity contribution is 5.91. The summed E-state index contributed by atoms with van der Waals surface area (Å²) >= 11 is 0. The standard InChI is InChI=1S/C9H16N2O/c1-6(2)8-4-9(5-8)11-10-7(3)12/h6,8H,4-5H2,1-3H3,(H,10,12). The van der Waals surface area contributed by atoms with Crippen LogP contribution < -0.4 is 5.43 Å². The molecule has 0 atom stereocenters. The van der Waals surface area contributed by atoms with E-state index in [2.05, 4.69) is 24.4 Å². The van der Waals surface area contributed by atoms with Crippen LogP contribution in [-0.2, 0) is 4.79 Å². The predicted molar refractivity (Wildman–Crippen MR) is 48.8 cm³/mol. The lowest BCUT2D eigenvalue weighted by Crippen LogP contribution is -2.30. The summed E-state index contributed by atoms with van der Waals surface area (Å²) in [6.45, 7) is 5.92. The van der Waals surface area contributed by atoms with Gasteiger partial charge in [-0.1, -0.05) is 13.8 Å². The Morgan fingerprint density at radius 2 is 2.17 bits per heavy atom. The summed E-state index contributed by atoms with van der Waals surface area (Å²) in [4.78, 5) is 10.5. The lowest BCUT2D eigenvalue weighted by atomic mass is 9.76. The summed E-state index contributed by atoms with van der Waals surface area (Å²) in [5, 5.41) is 3.98. The average molecular weight is 168 g/mol. The van der Waals surface area contributed by atoms with Crippen molar-refractivity contribution in [3.63, 3.8) is 0 Å². The van der Waals surface area contributed by atoms with E-state index in [0.29, 0.717) is 0 Å². The first-order chi connectivity index (χ1) is 5.59. The molecule has 3 heteroatoms. The minimum atomic E-state index is -0.0875. The third-order valence-electron chi connectivity index (χ3n) is 2.31. The number of rotatable bonds is 2. The van der Waals surface area contributed by atoms with E-state index in [-0.39, 0.29) is 5.91 Å². The van der Waals surface area contributed by atoms with Crippen molar-refractivity contribution < 1.29 is 4.79 Å². The van der Waals surface area contributed by atoms with E-state index in [1.165, 1.54) is 6.92 Å². The molecule has 12 heavy (non-hydrogen) atoms. The Morgan fingerprint density at radius 1 is 1.58 bits per heavy atom. The van der Waals surface area contributed by atoms with Gasteiger partial charge in [0.1, 0.15) is 0 Å². The molecule has 0 aromatic heterocycles. The van der Waals surface area contributed by atoms with E-state index in [9.17, 15) is 4.79 Å². The van der Waals surface area contributed by atoms with Gasteiger partial charge in [0, 0.05) is 12.6 Å². The van der Waals surface area contributed by atoms with Gasteiger partial charge >= 0.3 is 0 Å². The number of carbonyl (C=O) groups excluding carboxylic acids is 1. The zero-order valence-corrected chi connectivity index (χ0v) is 7.92. The van der Waals surface area contributed by atoms with E-state index in [4.69, 9.17) is 0 Å². The van der Waals surface area contributed by atoms with Crippen LogP contribution in [0.1, 0.15) is 33.6 Å². The molecule has 0 spiro atoms. The van der Waals surface area contributed by atoms with Gasteiger partial charge < -0.3 is 0 Å². The molecule has 1 rings (SSSR count). The molecule has 3 nitrogen and oxygen atoms in total. The van der Waals surface area contributed by atoms with Gasteiger partial charge in [-0.25, -0.2) is 5.43 Å². The Kier molecular flexibility index (Phi) is 2.84. The van der Waals surface area contributed by atoms with Crippen molar-refractivity contribution in [2.75, 3.05) is 0 Å².